The van der Waals surface area contributed by atoms with E-state index in [4.69, 9.17) is 26.3 Å². The van der Waals surface area contributed by atoms with Crippen molar-refractivity contribution in [3.8, 4) is 5.75 Å². The zero-order chi connectivity index (χ0) is 27.8. The van der Waals surface area contributed by atoms with Crippen molar-refractivity contribution >= 4 is 36.2 Å². The first-order valence-electron chi connectivity index (χ1n) is 12.3. The van der Waals surface area contributed by atoms with E-state index >= 15 is 0 Å². The summed E-state index contributed by atoms with van der Waals surface area (Å²) in [6, 6.07) is 6.30. The summed E-state index contributed by atoms with van der Waals surface area (Å²) in [5, 5.41) is 2.85. The highest BCUT2D eigenvalue weighted by Gasteiger charge is 2.39. The smallest absolute Gasteiger partial charge is 0.342 e. The maximum Gasteiger partial charge on any atom is 0.342 e. The van der Waals surface area contributed by atoms with Crippen LogP contribution in [0.5, 0.6) is 5.75 Å². The van der Waals surface area contributed by atoms with Crippen LogP contribution in [0.1, 0.15) is 47.0 Å². The second-order valence-corrected chi connectivity index (χ2v) is 11.4. The number of hydrogen-bond acceptors (Lipinski definition) is 9. The van der Waals surface area contributed by atoms with Crippen LogP contribution in [0.4, 0.5) is 11.5 Å². The summed E-state index contributed by atoms with van der Waals surface area (Å²) in [4.78, 5) is 28.6. The molecule has 3 N–H and O–H groups in total. The molecule has 1 aromatic carbocycles. The van der Waals surface area contributed by atoms with Gasteiger partial charge in [0.2, 0.25) is 0 Å². The molecule has 0 saturated carbocycles. The van der Waals surface area contributed by atoms with Crippen molar-refractivity contribution in [2.45, 2.75) is 65.1 Å². The average Bonchev–Trinajstić information content (AvgIpc) is 3.29. The number of rotatable bonds is 14. The summed E-state index contributed by atoms with van der Waals surface area (Å²) >= 11 is 0. The third kappa shape index (κ3) is 7.74. The van der Waals surface area contributed by atoms with Crippen LogP contribution >= 0.6 is 7.52 Å². The minimum atomic E-state index is -3.84. The standard InChI is InChI=1S/C25H34N7O5P/c1-6-7-8-12-35-24(33)25(3,4)31-38(34,37-20-11-9-10-19(13-20)27-5)17-36-18(2)14-32-16-30-21-22(26)28-15-29-23(21)32/h9-11,13,15-16,18H,6-8,12,14,17H2,1-4H3,(H,31,34)(H2,26,28,29)/t18-,38?/m1/s1. The Hall–Kier alpha value is -3.52. The molecule has 0 saturated heterocycles. The molecule has 0 amide bonds. The van der Waals surface area contributed by atoms with E-state index < -0.39 is 25.1 Å². The number of nitrogens with two attached hydrogens (primary N) is 1. The number of anilines is 1. The van der Waals surface area contributed by atoms with Gasteiger partial charge in [-0.1, -0.05) is 31.9 Å². The lowest BCUT2D eigenvalue weighted by Crippen LogP contribution is -2.47. The first-order chi connectivity index (χ1) is 18.1. The van der Waals surface area contributed by atoms with Gasteiger partial charge in [0, 0.05) is 0 Å². The molecule has 0 aliphatic carbocycles. The number of carbonyl (C=O) groups is 1. The molecule has 3 aromatic rings. The van der Waals surface area contributed by atoms with Gasteiger partial charge in [-0.05, 0) is 39.3 Å². The Kier molecular flexibility index (Phi) is 9.80. The van der Waals surface area contributed by atoms with Gasteiger partial charge < -0.3 is 24.3 Å². The Morgan fingerprint density at radius 2 is 2.08 bits per heavy atom. The Bertz CT molecular complexity index is 1340. The number of unbranched alkanes of at least 4 members (excludes halogenated alkanes) is 2. The number of hydrogen-bond donors (Lipinski definition) is 2. The number of nitrogens with one attached hydrogen (secondary N) is 1. The zero-order valence-corrected chi connectivity index (χ0v) is 23.0. The topological polar surface area (TPSA) is 148 Å². The van der Waals surface area contributed by atoms with Crippen molar-refractivity contribution < 1.29 is 23.4 Å². The van der Waals surface area contributed by atoms with Crippen LogP contribution in [-0.4, -0.2) is 50.1 Å². The van der Waals surface area contributed by atoms with E-state index in [9.17, 15) is 9.36 Å². The molecule has 0 aliphatic rings. The van der Waals surface area contributed by atoms with Gasteiger partial charge in [-0.25, -0.2) is 24.9 Å². The second kappa shape index (κ2) is 12.8. The van der Waals surface area contributed by atoms with Crippen LogP contribution in [0.25, 0.3) is 16.0 Å². The largest absolute Gasteiger partial charge is 0.464 e. The van der Waals surface area contributed by atoms with Gasteiger partial charge in [0.15, 0.2) is 17.2 Å². The number of nitrogen functional groups attached to an aromatic ring is 1. The summed E-state index contributed by atoms with van der Waals surface area (Å²) in [7, 11) is -3.84. The maximum absolute atomic E-state index is 14.0. The lowest BCUT2D eigenvalue weighted by Gasteiger charge is -2.30. The predicted molar refractivity (Wildman–Crippen MR) is 144 cm³/mol. The molecule has 0 radical (unpaired) electrons. The Morgan fingerprint density at radius 1 is 1.29 bits per heavy atom. The van der Waals surface area contributed by atoms with Crippen molar-refractivity contribution in [2.75, 3.05) is 18.7 Å². The van der Waals surface area contributed by atoms with Gasteiger partial charge in [-0.15, -0.1) is 0 Å². The first-order valence-corrected chi connectivity index (χ1v) is 14.1. The SMILES string of the molecule is [C-]#[N+]c1cccc(OP(=O)(CO[C@H](C)Cn2cnc3c(N)ncnc32)NC(C)(C)C(=O)OCCCCC)c1. The summed E-state index contributed by atoms with van der Waals surface area (Å²) in [6.07, 6.45) is 4.82. The van der Waals surface area contributed by atoms with Crippen LogP contribution in [0, 0.1) is 6.57 Å². The molecule has 1 unspecified atom stereocenters. The molecule has 2 aromatic heterocycles. The lowest BCUT2D eigenvalue weighted by molar-refractivity contribution is -0.149. The van der Waals surface area contributed by atoms with Crippen LogP contribution in [0.2, 0.25) is 0 Å². The van der Waals surface area contributed by atoms with E-state index in [1.165, 1.54) is 12.4 Å². The van der Waals surface area contributed by atoms with E-state index in [1.807, 2.05) is 0 Å². The lowest BCUT2D eigenvalue weighted by atomic mass is 10.1. The molecule has 13 heteroatoms. The van der Waals surface area contributed by atoms with Crippen molar-refractivity contribution in [1.82, 2.24) is 24.6 Å². The molecule has 0 bridgehead atoms. The Morgan fingerprint density at radius 3 is 2.82 bits per heavy atom. The number of carbonyl (C=O) groups excluding carboxylic acids is 1. The normalized spacial score (nSPS) is 14.0. The number of ether oxygens (including phenoxy) is 2. The summed E-state index contributed by atoms with van der Waals surface area (Å²) in [5.41, 5.74) is 5.89. The van der Waals surface area contributed by atoms with Gasteiger partial charge in [0.25, 0.3) is 0 Å². The van der Waals surface area contributed by atoms with Crippen LogP contribution < -0.4 is 15.3 Å². The third-order valence-electron chi connectivity index (χ3n) is 5.55. The van der Waals surface area contributed by atoms with E-state index in [1.54, 1.807) is 49.9 Å². The van der Waals surface area contributed by atoms with Gasteiger partial charge in [0.05, 0.1) is 32.2 Å². The number of fused-ring (bicyclic) bond motifs is 1. The third-order valence-corrected chi connectivity index (χ3v) is 7.45. The number of aromatic nitrogens is 4. The van der Waals surface area contributed by atoms with Crippen LogP contribution in [0.3, 0.4) is 0 Å². The number of nitrogens with zero attached hydrogens (tertiary/aromatic N) is 5. The summed E-state index contributed by atoms with van der Waals surface area (Å²) in [6.45, 7) is 14.9. The molecule has 2 atom stereocenters. The zero-order valence-electron chi connectivity index (χ0n) is 22.1. The fraction of sp³-hybridized carbons (Fsp3) is 0.480. The molecule has 204 valence electrons. The quantitative estimate of drug-likeness (QED) is 0.127. The molecule has 12 nitrogen and oxygen atoms in total. The van der Waals surface area contributed by atoms with Gasteiger partial charge >= 0.3 is 13.5 Å². The Balaban J connectivity index is 1.75. The molecule has 0 spiro atoms. The Labute approximate surface area is 222 Å². The van der Waals surface area contributed by atoms with Gasteiger partial charge in [-0.2, -0.15) is 0 Å². The highest BCUT2D eigenvalue weighted by Crippen LogP contribution is 2.46. The molecular weight excluding hydrogens is 509 g/mol. The highest BCUT2D eigenvalue weighted by molar-refractivity contribution is 7.57. The van der Waals surface area contributed by atoms with E-state index in [0.717, 1.165) is 19.3 Å². The fourth-order valence-electron chi connectivity index (χ4n) is 3.62. The van der Waals surface area contributed by atoms with Crippen LogP contribution in [-0.2, 0) is 25.4 Å². The maximum atomic E-state index is 14.0. The monoisotopic (exact) mass is 543 g/mol. The predicted octanol–water partition coefficient (Wildman–Crippen LogP) is 4.70. The minimum Gasteiger partial charge on any atom is -0.464 e. The van der Waals surface area contributed by atoms with Crippen molar-refractivity contribution in [2.24, 2.45) is 0 Å². The summed E-state index contributed by atoms with van der Waals surface area (Å²) < 4.78 is 33.0. The highest BCUT2D eigenvalue weighted by atomic mass is 31.2. The number of esters is 1. The molecule has 2 heterocycles. The fourth-order valence-corrected chi connectivity index (χ4v) is 5.63. The number of benzene rings is 1. The molecule has 38 heavy (non-hydrogen) atoms. The van der Waals surface area contributed by atoms with E-state index in [0.29, 0.717) is 23.4 Å². The molecule has 0 fully saturated rings. The average molecular weight is 544 g/mol. The van der Waals surface area contributed by atoms with Crippen molar-refractivity contribution in [1.29, 1.82) is 0 Å². The molecule has 0 aliphatic heterocycles. The second-order valence-electron chi connectivity index (χ2n) is 9.39. The van der Waals surface area contributed by atoms with Crippen molar-refractivity contribution in [3.63, 3.8) is 0 Å². The molecule has 3 rings (SSSR count). The van der Waals surface area contributed by atoms with E-state index in [2.05, 4.69) is 31.8 Å². The van der Waals surface area contributed by atoms with Gasteiger partial charge in [0.1, 0.15) is 29.5 Å². The van der Waals surface area contributed by atoms with Crippen molar-refractivity contribution in [3.05, 3.63) is 48.3 Å². The summed E-state index contributed by atoms with van der Waals surface area (Å²) in [5.74, 6) is -0.0668. The molecular formula is C25H34N7O5P. The number of imidazole rings is 1. The van der Waals surface area contributed by atoms with E-state index in [-0.39, 0.29) is 24.5 Å². The minimum absolute atomic E-state index is 0.213. The van der Waals surface area contributed by atoms with Gasteiger partial charge in [-0.3, -0.25) is 9.36 Å². The first kappa shape index (κ1) is 29.0. The van der Waals surface area contributed by atoms with Crippen LogP contribution in [0.15, 0.2) is 36.9 Å².